The number of carboxylic acid groups (broad SMARTS) is 1. The first-order valence-electron chi connectivity index (χ1n) is 5.81. The summed E-state index contributed by atoms with van der Waals surface area (Å²) in [6.07, 6.45) is 2.55. The van der Waals surface area contributed by atoms with Crippen molar-refractivity contribution in [2.45, 2.75) is 19.3 Å². The summed E-state index contributed by atoms with van der Waals surface area (Å²) in [5, 5.41) is 12.3. The van der Waals surface area contributed by atoms with Gasteiger partial charge in [0.1, 0.15) is 0 Å². The molecular weight excluding hydrogens is 282 g/mol. The smallest absolute Gasteiger partial charge is 0.310 e. The van der Waals surface area contributed by atoms with Crippen LogP contribution < -0.4 is 5.32 Å². The highest BCUT2D eigenvalue weighted by atomic mass is 79.9. The number of rotatable bonds is 6. The summed E-state index contributed by atoms with van der Waals surface area (Å²) >= 11 is 3.43. The van der Waals surface area contributed by atoms with Crippen molar-refractivity contribution in [3.8, 4) is 0 Å². The van der Waals surface area contributed by atoms with E-state index in [1.54, 1.807) is 0 Å². The van der Waals surface area contributed by atoms with Crippen LogP contribution in [-0.4, -0.2) is 24.2 Å². The number of carbonyl (C=O) groups is 1. The Bertz CT molecular complexity index is 416. The molecule has 0 radical (unpaired) electrons. The van der Waals surface area contributed by atoms with E-state index in [1.807, 2.05) is 12.1 Å². The predicted octanol–water partition coefficient (Wildman–Crippen LogP) is 2.45. The molecule has 3 nitrogen and oxygen atoms in total. The Kier molecular flexibility index (Phi) is 3.84. The van der Waals surface area contributed by atoms with Crippen LogP contribution in [0.1, 0.15) is 18.4 Å². The van der Waals surface area contributed by atoms with Gasteiger partial charge in [0.05, 0.1) is 5.41 Å². The normalized spacial score (nSPS) is 16.8. The van der Waals surface area contributed by atoms with E-state index >= 15 is 0 Å². The summed E-state index contributed by atoms with van der Waals surface area (Å²) in [5.74, 6) is -0.660. The molecule has 1 fully saturated rings. The standard InChI is InChI=1S/C13H16BrNO2/c14-11-3-1-2-10(8-11)4-7-15-9-13(5-6-13)12(16)17/h1-3,8,15H,4-7,9H2,(H,16,17). The fourth-order valence-electron chi connectivity index (χ4n) is 1.87. The Labute approximate surface area is 109 Å². The number of benzene rings is 1. The summed E-state index contributed by atoms with van der Waals surface area (Å²) in [5.41, 5.74) is 0.795. The SMILES string of the molecule is O=C(O)C1(CNCCc2cccc(Br)c2)CC1. The predicted molar refractivity (Wildman–Crippen MR) is 70.0 cm³/mol. The maximum atomic E-state index is 10.9. The van der Waals surface area contributed by atoms with Gasteiger partial charge in [0.15, 0.2) is 0 Å². The summed E-state index contributed by atoms with van der Waals surface area (Å²) in [6.45, 7) is 1.42. The third-order valence-corrected chi connectivity index (χ3v) is 3.74. The topological polar surface area (TPSA) is 49.3 Å². The zero-order valence-electron chi connectivity index (χ0n) is 9.58. The Balaban J connectivity index is 1.72. The molecule has 0 atom stereocenters. The molecule has 17 heavy (non-hydrogen) atoms. The highest BCUT2D eigenvalue weighted by molar-refractivity contribution is 9.10. The molecule has 0 bridgehead atoms. The molecule has 1 aromatic carbocycles. The number of hydrogen-bond acceptors (Lipinski definition) is 2. The third-order valence-electron chi connectivity index (χ3n) is 3.25. The average Bonchev–Trinajstić information content (AvgIpc) is 3.06. The molecule has 2 N–H and O–H groups in total. The molecule has 1 saturated carbocycles. The van der Waals surface area contributed by atoms with Gasteiger partial charge in [-0.1, -0.05) is 28.1 Å². The first-order chi connectivity index (χ1) is 8.12. The molecule has 0 saturated heterocycles. The van der Waals surface area contributed by atoms with E-state index in [1.165, 1.54) is 5.56 Å². The molecule has 0 aliphatic heterocycles. The molecule has 0 aromatic heterocycles. The maximum absolute atomic E-state index is 10.9. The van der Waals surface area contributed by atoms with Crippen molar-refractivity contribution in [2.24, 2.45) is 5.41 Å². The first kappa shape index (κ1) is 12.6. The van der Waals surface area contributed by atoms with Gasteiger partial charge in [0, 0.05) is 11.0 Å². The molecule has 92 valence electrons. The van der Waals surface area contributed by atoms with Gasteiger partial charge >= 0.3 is 5.97 Å². The van der Waals surface area contributed by atoms with Crippen LogP contribution in [0.4, 0.5) is 0 Å². The lowest BCUT2D eigenvalue weighted by molar-refractivity contribution is -0.143. The highest BCUT2D eigenvalue weighted by Gasteiger charge is 2.49. The third kappa shape index (κ3) is 3.30. The van der Waals surface area contributed by atoms with E-state index in [9.17, 15) is 4.79 Å². The zero-order chi connectivity index (χ0) is 12.3. The molecule has 1 aromatic rings. The molecular formula is C13H16BrNO2. The summed E-state index contributed by atoms with van der Waals surface area (Å²) in [4.78, 5) is 10.9. The van der Waals surface area contributed by atoms with E-state index in [0.717, 1.165) is 30.3 Å². The van der Waals surface area contributed by atoms with Crippen LogP contribution in [0.5, 0.6) is 0 Å². The second-order valence-electron chi connectivity index (χ2n) is 4.64. The fraction of sp³-hybridized carbons (Fsp3) is 0.462. The number of aliphatic carboxylic acids is 1. The summed E-state index contributed by atoms with van der Waals surface area (Å²) in [6, 6.07) is 8.18. The van der Waals surface area contributed by atoms with Gasteiger partial charge in [0.2, 0.25) is 0 Å². The van der Waals surface area contributed by atoms with Crippen LogP contribution in [-0.2, 0) is 11.2 Å². The van der Waals surface area contributed by atoms with Gasteiger partial charge in [-0.3, -0.25) is 4.79 Å². The lowest BCUT2D eigenvalue weighted by Gasteiger charge is -2.10. The number of halogens is 1. The van der Waals surface area contributed by atoms with E-state index < -0.39 is 11.4 Å². The van der Waals surface area contributed by atoms with Crippen LogP contribution in [0.25, 0.3) is 0 Å². The Morgan fingerprint density at radius 1 is 1.47 bits per heavy atom. The molecule has 0 unspecified atom stereocenters. The van der Waals surface area contributed by atoms with Gasteiger partial charge in [-0.25, -0.2) is 0 Å². The molecule has 1 aliphatic carbocycles. The van der Waals surface area contributed by atoms with E-state index in [-0.39, 0.29) is 0 Å². The largest absolute Gasteiger partial charge is 0.481 e. The Hall–Kier alpha value is -0.870. The van der Waals surface area contributed by atoms with Crippen LogP contribution in [0, 0.1) is 5.41 Å². The molecule has 0 amide bonds. The minimum absolute atomic E-state index is 0.461. The Morgan fingerprint density at radius 3 is 2.82 bits per heavy atom. The van der Waals surface area contributed by atoms with E-state index in [4.69, 9.17) is 5.11 Å². The van der Waals surface area contributed by atoms with Crippen molar-refractivity contribution in [3.05, 3.63) is 34.3 Å². The molecule has 0 spiro atoms. The monoisotopic (exact) mass is 297 g/mol. The molecule has 1 aliphatic rings. The quantitative estimate of drug-likeness (QED) is 0.793. The summed E-state index contributed by atoms with van der Waals surface area (Å²) < 4.78 is 1.08. The second-order valence-corrected chi connectivity index (χ2v) is 5.56. The molecule has 0 heterocycles. The van der Waals surface area contributed by atoms with Gasteiger partial charge < -0.3 is 10.4 Å². The molecule has 2 rings (SSSR count). The number of hydrogen-bond donors (Lipinski definition) is 2. The van der Waals surface area contributed by atoms with Crippen molar-refractivity contribution in [2.75, 3.05) is 13.1 Å². The van der Waals surface area contributed by atoms with Crippen molar-refractivity contribution in [1.29, 1.82) is 0 Å². The highest BCUT2D eigenvalue weighted by Crippen LogP contribution is 2.45. The number of carboxylic acids is 1. The molecule has 4 heteroatoms. The van der Waals surface area contributed by atoms with Crippen molar-refractivity contribution >= 4 is 21.9 Å². The van der Waals surface area contributed by atoms with E-state index in [2.05, 4.69) is 33.4 Å². The number of nitrogens with one attached hydrogen (secondary N) is 1. The van der Waals surface area contributed by atoms with E-state index in [0.29, 0.717) is 6.54 Å². The van der Waals surface area contributed by atoms with Crippen molar-refractivity contribution < 1.29 is 9.90 Å². The first-order valence-corrected chi connectivity index (χ1v) is 6.60. The van der Waals surface area contributed by atoms with Crippen LogP contribution >= 0.6 is 15.9 Å². The van der Waals surface area contributed by atoms with Crippen molar-refractivity contribution in [1.82, 2.24) is 5.32 Å². The zero-order valence-corrected chi connectivity index (χ0v) is 11.2. The van der Waals surface area contributed by atoms with Crippen LogP contribution in [0.2, 0.25) is 0 Å². The average molecular weight is 298 g/mol. The Morgan fingerprint density at radius 2 is 2.24 bits per heavy atom. The fourth-order valence-corrected chi connectivity index (χ4v) is 2.32. The minimum atomic E-state index is -0.660. The minimum Gasteiger partial charge on any atom is -0.481 e. The van der Waals surface area contributed by atoms with Crippen LogP contribution in [0.15, 0.2) is 28.7 Å². The van der Waals surface area contributed by atoms with Gasteiger partial charge in [-0.2, -0.15) is 0 Å². The van der Waals surface area contributed by atoms with Crippen molar-refractivity contribution in [3.63, 3.8) is 0 Å². The lowest BCUT2D eigenvalue weighted by Crippen LogP contribution is -2.31. The maximum Gasteiger partial charge on any atom is 0.310 e. The van der Waals surface area contributed by atoms with Gasteiger partial charge in [-0.15, -0.1) is 0 Å². The lowest BCUT2D eigenvalue weighted by atomic mass is 10.1. The summed E-state index contributed by atoms with van der Waals surface area (Å²) in [7, 11) is 0. The van der Waals surface area contributed by atoms with Gasteiger partial charge in [0.25, 0.3) is 0 Å². The second kappa shape index (κ2) is 5.19. The van der Waals surface area contributed by atoms with Crippen LogP contribution in [0.3, 0.4) is 0 Å². The van der Waals surface area contributed by atoms with Gasteiger partial charge in [-0.05, 0) is 43.5 Å².